The number of hydrogen-bond donors (Lipinski definition) is 1. The van der Waals surface area contributed by atoms with Crippen molar-refractivity contribution in [2.24, 2.45) is 0 Å². The number of nitrogens with zero attached hydrogens (tertiary/aromatic N) is 4. The standard InChI is InChI=1S/C18H17N5O2S/c24-17(14-11-26-18(21-14)13-4-2-1-3-5-13)22-15-10-16(20-12-19-15)23-6-8-25-9-7-23/h1-5,10-12H,6-9H2,(H,19,20,22,24). The van der Waals surface area contributed by atoms with E-state index < -0.39 is 0 Å². The SMILES string of the molecule is O=C(Nc1cc(N2CCOCC2)ncn1)c1csc(-c2ccccc2)n1. The molecule has 1 N–H and O–H groups in total. The summed E-state index contributed by atoms with van der Waals surface area (Å²) in [5.74, 6) is 0.956. The molecule has 0 atom stereocenters. The molecule has 26 heavy (non-hydrogen) atoms. The monoisotopic (exact) mass is 367 g/mol. The summed E-state index contributed by atoms with van der Waals surface area (Å²) >= 11 is 1.44. The molecule has 132 valence electrons. The van der Waals surface area contributed by atoms with Crippen LogP contribution in [-0.4, -0.2) is 47.2 Å². The Kier molecular flexibility index (Phi) is 4.85. The van der Waals surface area contributed by atoms with Crippen molar-refractivity contribution in [2.75, 3.05) is 36.5 Å². The van der Waals surface area contributed by atoms with Crippen molar-refractivity contribution in [3.63, 3.8) is 0 Å². The molecule has 8 heteroatoms. The van der Waals surface area contributed by atoms with E-state index in [1.54, 1.807) is 11.4 Å². The largest absolute Gasteiger partial charge is 0.378 e. The number of carbonyl (C=O) groups excluding carboxylic acids is 1. The first-order valence-electron chi connectivity index (χ1n) is 8.26. The van der Waals surface area contributed by atoms with E-state index in [0.717, 1.165) is 29.5 Å². The first-order valence-corrected chi connectivity index (χ1v) is 9.14. The normalized spacial score (nSPS) is 14.2. The van der Waals surface area contributed by atoms with Crippen LogP contribution in [0.1, 0.15) is 10.5 Å². The topological polar surface area (TPSA) is 80.2 Å². The average molecular weight is 367 g/mol. The molecule has 1 aliphatic heterocycles. The molecule has 2 aromatic heterocycles. The highest BCUT2D eigenvalue weighted by Crippen LogP contribution is 2.24. The van der Waals surface area contributed by atoms with Crippen LogP contribution in [0.5, 0.6) is 0 Å². The second kappa shape index (κ2) is 7.59. The summed E-state index contributed by atoms with van der Waals surface area (Å²) in [6.07, 6.45) is 1.46. The van der Waals surface area contributed by atoms with Crippen LogP contribution in [0.2, 0.25) is 0 Å². The molecule has 0 radical (unpaired) electrons. The highest BCUT2D eigenvalue weighted by atomic mass is 32.1. The van der Waals surface area contributed by atoms with Gasteiger partial charge in [0.25, 0.3) is 5.91 Å². The Morgan fingerprint density at radius 2 is 1.96 bits per heavy atom. The molecule has 0 spiro atoms. The lowest BCUT2D eigenvalue weighted by atomic mass is 10.2. The van der Waals surface area contributed by atoms with Gasteiger partial charge in [-0.1, -0.05) is 30.3 Å². The Hall–Kier alpha value is -2.84. The van der Waals surface area contributed by atoms with E-state index in [1.165, 1.54) is 17.7 Å². The predicted octanol–water partition coefficient (Wildman–Crippen LogP) is 2.69. The zero-order valence-corrected chi connectivity index (χ0v) is 14.8. The average Bonchev–Trinajstić information content (AvgIpc) is 3.20. The molecule has 4 rings (SSSR count). The summed E-state index contributed by atoms with van der Waals surface area (Å²) in [4.78, 5) is 27.4. The van der Waals surface area contributed by atoms with Crippen LogP contribution >= 0.6 is 11.3 Å². The number of thiazole rings is 1. The number of nitrogens with one attached hydrogen (secondary N) is 1. The highest BCUT2D eigenvalue weighted by Gasteiger charge is 2.16. The minimum absolute atomic E-state index is 0.282. The maximum Gasteiger partial charge on any atom is 0.276 e. The van der Waals surface area contributed by atoms with E-state index in [0.29, 0.717) is 24.7 Å². The second-order valence-electron chi connectivity index (χ2n) is 5.72. The molecule has 1 aromatic carbocycles. The maximum absolute atomic E-state index is 12.5. The third-order valence-electron chi connectivity index (χ3n) is 3.99. The number of morpholine rings is 1. The van der Waals surface area contributed by atoms with Gasteiger partial charge in [-0.25, -0.2) is 15.0 Å². The van der Waals surface area contributed by atoms with Gasteiger partial charge in [0.2, 0.25) is 0 Å². The molecule has 0 saturated carbocycles. The Balaban J connectivity index is 1.47. The fraction of sp³-hybridized carbons (Fsp3) is 0.222. The van der Waals surface area contributed by atoms with Crippen molar-refractivity contribution in [3.05, 3.63) is 53.8 Å². The van der Waals surface area contributed by atoms with Crippen molar-refractivity contribution >= 4 is 28.9 Å². The van der Waals surface area contributed by atoms with E-state index in [4.69, 9.17) is 4.74 Å². The van der Waals surface area contributed by atoms with Gasteiger partial charge in [0.15, 0.2) is 0 Å². The van der Waals surface area contributed by atoms with Crippen molar-refractivity contribution in [3.8, 4) is 10.6 Å². The van der Waals surface area contributed by atoms with Crippen molar-refractivity contribution in [1.29, 1.82) is 0 Å². The molecule has 7 nitrogen and oxygen atoms in total. The molecule has 0 bridgehead atoms. The molecular formula is C18H17N5O2S. The summed E-state index contributed by atoms with van der Waals surface area (Å²) in [5.41, 5.74) is 1.37. The van der Waals surface area contributed by atoms with Crippen molar-refractivity contribution in [1.82, 2.24) is 15.0 Å². The van der Waals surface area contributed by atoms with Gasteiger partial charge in [0.05, 0.1) is 13.2 Å². The zero-order chi connectivity index (χ0) is 17.8. The summed E-state index contributed by atoms with van der Waals surface area (Å²) in [6.45, 7) is 2.90. The van der Waals surface area contributed by atoms with Crippen LogP contribution in [0.25, 0.3) is 10.6 Å². The second-order valence-corrected chi connectivity index (χ2v) is 6.58. The minimum atomic E-state index is -0.282. The third kappa shape index (κ3) is 3.71. The molecule has 1 aliphatic rings. The van der Waals surface area contributed by atoms with Crippen molar-refractivity contribution in [2.45, 2.75) is 0 Å². The fourth-order valence-corrected chi connectivity index (χ4v) is 3.46. The summed E-state index contributed by atoms with van der Waals surface area (Å²) in [7, 11) is 0. The third-order valence-corrected chi connectivity index (χ3v) is 4.88. The number of amides is 1. The van der Waals surface area contributed by atoms with Crippen LogP contribution in [0.4, 0.5) is 11.6 Å². The van der Waals surface area contributed by atoms with Crippen LogP contribution < -0.4 is 10.2 Å². The summed E-state index contributed by atoms with van der Waals surface area (Å²) < 4.78 is 5.35. The Morgan fingerprint density at radius 1 is 1.15 bits per heavy atom. The quantitative estimate of drug-likeness (QED) is 0.764. The predicted molar refractivity (Wildman–Crippen MR) is 101 cm³/mol. The number of hydrogen-bond acceptors (Lipinski definition) is 7. The Morgan fingerprint density at radius 3 is 2.77 bits per heavy atom. The number of aromatic nitrogens is 3. The van der Waals surface area contributed by atoms with Crippen molar-refractivity contribution < 1.29 is 9.53 Å². The summed E-state index contributed by atoms with van der Waals surface area (Å²) in [5, 5.41) is 5.36. The summed E-state index contributed by atoms with van der Waals surface area (Å²) in [6, 6.07) is 11.6. The van der Waals surface area contributed by atoms with E-state index in [9.17, 15) is 4.79 Å². The van der Waals surface area contributed by atoms with E-state index >= 15 is 0 Å². The highest BCUT2D eigenvalue weighted by molar-refractivity contribution is 7.13. The number of benzene rings is 1. The number of rotatable bonds is 4. The first kappa shape index (κ1) is 16.6. The van der Waals surface area contributed by atoms with Gasteiger partial charge in [0.1, 0.15) is 28.7 Å². The van der Waals surface area contributed by atoms with Gasteiger partial charge in [-0.05, 0) is 0 Å². The van der Waals surface area contributed by atoms with Gasteiger partial charge in [-0.2, -0.15) is 0 Å². The van der Waals surface area contributed by atoms with Crippen LogP contribution in [0.15, 0.2) is 48.1 Å². The minimum Gasteiger partial charge on any atom is -0.378 e. The number of anilines is 2. The van der Waals surface area contributed by atoms with Crippen LogP contribution in [-0.2, 0) is 4.74 Å². The molecule has 3 aromatic rings. The van der Waals surface area contributed by atoms with Gasteiger partial charge >= 0.3 is 0 Å². The zero-order valence-electron chi connectivity index (χ0n) is 14.0. The molecule has 1 fully saturated rings. The lowest BCUT2D eigenvalue weighted by Gasteiger charge is -2.27. The molecular weight excluding hydrogens is 350 g/mol. The van der Waals surface area contributed by atoms with Gasteiger partial charge < -0.3 is 15.0 Å². The molecule has 1 amide bonds. The molecule has 3 heterocycles. The van der Waals surface area contributed by atoms with Gasteiger partial charge in [-0.3, -0.25) is 4.79 Å². The van der Waals surface area contributed by atoms with E-state index in [2.05, 4.69) is 25.2 Å². The Labute approximate surface area is 154 Å². The maximum atomic E-state index is 12.5. The van der Waals surface area contributed by atoms with Gasteiger partial charge in [-0.15, -0.1) is 11.3 Å². The molecule has 0 aliphatic carbocycles. The number of carbonyl (C=O) groups is 1. The van der Waals surface area contributed by atoms with Crippen LogP contribution in [0.3, 0.4) is 0 Å². The Bertz CT molecular complexity index is 893. The smallest absolute Gasteiger partial charge is 0.276 e. The van der Waals surface area contributed by atoms with E-state index in [1.807, 2.05) is 30.3 Å². The molecule has 1 saturated heterocycles. The van der Waals surface area contributed by atoms with Gasteiger partial charge in [0, 0.05) is 30.1 Å². The lowest BCUT2D eigenvalue weighted by Crippen LogP contribution is -2.36. The molecule has 0 unspecified atom stereocenters. The number of ether oxygens (including phenoxy) is 1. The first-order chi connectivity index (χ1) is 12.8. The fourth-order valence-electron chi connectivity index (χ4n) is 2.65. The van der Waals surface area contributed by atoms with E-state index in [-0.39, 0.29) is 5.91 Å². The lowest BCUT2D eigenvalue weighted by molar-refractivity contribution is 0.102. The van der Waals surface area contributed by atoms with Crippen LogP contribution in [0, 0.1) is 0 Å².